The van der Waals surface area contributed by atoms with Crippen molar-refractivity contribution in [3.05, 3.63) is 107 Å². The van der Waals surface area contributed by atoms with E-state index < -0.39 is 23.3 Å². The highest BCUT2D eigenvalue weighted by atomic mass is 16.5. The number of benzene rings is 3. The molecule has 0 amide bonds. The van der Waals surface area contributed by atoms with Crippen molar-refractivity contribution >= 4 is 28.6 Å². The summed E-state index contributed by atoms with van der Waals surface area (Å²) in [6.07, 6.45) is 0.0630. The van der Waals surface area contributed by atoms with E-state index in [9.17, 15) is 14.4 Å². The number of H-pyrrole nitrogens is 1. The number of aromatic amines is 1. The van der Waals surface area contributed by atoms with Crippen molar-refractivity contribution in [2.75, 3.05) is 14.2 Å². The topological polar surface area (TPSA) is 85.5 Å². The quantitative estimate of drug-likeness (QED) is 0.227. The fourth-order valence-corrected chi connectivity index (χ4v) is 5.72. The Morgan fingerprint density at radius 2 is 1.42 bits per heavy atom. The van der Waals surface area contributed by atoms with Crippen molar-refractivity contribution in [1.82, 2.24) is 4.98 Å². The molecule has 1 aliphatic carbocycles. The highest BCUT2D eigenvalue weighted by Gasteiger charge is 2.60. The van der Waals surface area contributed by atoms with E-state index in [1.165, 1.54) is 14.2 Å². The molecule has 36 heavy (non-hydrogen) atoms. The number of nitrogens with one attached hydrogen (secondary N) is 1. The Balaban J connectivity index is 1.78. The first kappa shape index (κ1) is 23.5. The smallest absolute Gasteiger partial charge is 0.323 e. The van der Waals surface area contributed by atoms with Gasteiger partial charge in [-0.25, -0.2) is 0 Å². The Labute approximate surface area is 209 Å². The third kappa shape index (κ3) is 3.70. The van der Waals surface area contributed by atoms with Crippen LogP contribution in [-0.2, 0) is 19.1 Å². The number of hydrogen-bond donors (Lipinski definition) is 1. The first-order valence-corrected chi connectivity index (χ1v) is 11.9. The number of rotatable bonds is 6. The van der Waals surface area contributed by atoms with Crippen LogP contribution in [0.4, 0.5) is 0 Å². The van der Waals surface area contributed by atoms with E-state index >= 15 is 0 Å². The van der Waals surface area contributed by atoms with Crippen molar-refractivity contribution in [2.24, 2.45) is 5.41 Å². The molecule has 0 saturated carbocycles. The fourth-order valence-electron chi connectivity index (χ4n) is 5.72. The summed E-state index contributed by atoms with van der Waals surface area (Å²) in [7, 11) is 2.53. The molecule has 6 heteroatoms. The molecule has 0 fully saturated rings. The lowest BCUT2D eigenvalue weighted by molar-refractivity contribution is -0.172. The number of hydrogen-bond acceptors (Lipinski definition) is 5. The Kier molecular flexibility index (Phi) is 6.18. The molecule has 4 aromatic rings. The largest absolute Gasteiger partial charge is 0.468 e. The number of methoxy groups -OCH3 is 2. The minimum atomic E-state index is -1.71. The molecule has 1 aliphatic rings. The molecule has 5 rings (SSSR count). The number of fused-ring (bicyclic) bond motifs is 3. The zero-order valence-electron chi connectivity index (χ0n) is 20.2. The molecule has 3 aromatic carbocycles. The van der Waals surface area contributed by atoms with Gasteiger partial charge in [-0.1, -0.05) is 78.9 Å². The summed E-state index contributed by atoms with van der Waals surface area (Å²) in [5.74, 6) is -2.66. The van der Waals surface area contributed by atoms with Gasteiger partial charge in [0.05, 0.1) is 14.2 Å². The zero-order chi connectivity index (χ0) is 25.3. The van der Waals surface area contributed by atoms with Crippen LogP contribution in [0.25, 0.3) is 10.9 Å². The van der Waals surface area contributed by atoms with E-state index in [0.29, 0.717) is 11.3 Å². The number of carbonyl (C=O) groups is 3. The Morgan fingerprint density at radius 1 is 0.833 bits per heavy atom. The first-order valence-electron chi connectivity index (χ1n) is 11.9. The van der Waals surface area contributed by atoms with Gasteiger partial charge in [0.1, 0.15) is 0 Å². The number of Topliss-reactive ketones (excluding diaryl/α,β-unsaturated/α-hetero) is 1. The number of para-hydroxylation sites is 1. The summed E-state index contributed by atoms with van der Waals surface area (Å²) in [5, 5.41) is 1.00. The zero-order valence-corrected chi connectivity index (χ0v) is 20.2. The predicted octanol–water partition coefficient (Wildman–Crippen LogP) is 5.39. The average molecular weight is 482 g/mol. The molecule has 0 aliphatic heterocycles. The third-order valence-electron chi connectivity index (χ3n) is 7.38. The summed E-state index contributed by atoms with van der Waals surface area (Å²) in [5.41, 5.74) is 2.34. The van der Waals surface area contributed by atoms with Crippen molar-refractivity contribution in [3.8, 4) is 0 Å². The molecule has 1 N–H and O–H groups in total. The lowest BCUT2D eigenvalue weighted by Gasteiger charge is -2.42. The molecule has 182 valence electrons. The molecule has 0 bridgehead atoms. The van der Waals surface area contributed by atoms with Gasteiger partial charge in [0, 0.05) is 40.4 Å². The predicted molar refractivity (Wildman–Crippen MR) is 136 cm³/mol. The van der Waals surface area contributed by atoms with Gasteiger partial charge in [-0.3, -0.25) is 14.4 Å². The van der Waals surface area contributed by atoms with E-state index in [0.717, 1.165) is 22.0 Å². The van der Waals surface area contributed by atoms with E-state index in [2.05, 4.69) is 4.98 Å². The van der Waals surface area contributed by atoms with Gasteiger partial charge in [0.25, 0.3) is 0 Å². The van der Waals surface area contributed by atoms with Gasteiger partial charge < -0.3 is 14.5 Å². The third-order valence-corrected chi connectivity index (χ3v) is 7.38. The van der Waals surface area contributed by atoms with E-state index in [1.807, 2.05) is 60.7 Å². The van der Waals surface area contributed by atoms with Gasteiger partial charge in [0.15, 0.2) is 11.2 Å². The minimum Gasteiger partial charge on any atom is -0.468 e. The highest BCUT2D eigenvalue weighted by molar-refractivity contribution is 6.05. The molecular weight excluding hydrogens is 454 g/mol. The summed E-state index contributed by atoms with van der Waals surface area (Å²) < 4.78 is 10.5. The second-order valence-electron chi connectivity index (χ2n) is 9.17. The fraction of sp³-hybridized carbons (Fsp3) is 0.233. The van der Waals surface area contributed by atoms with Gasteiger partial charge >= 0.3 is 11.9 Å². The SMILES string of the molecule is COC(=O)C1(C(=O)OC)C[C@H](c2ccccc2)c2c([nH]c3ccccc23)[C@@H]1CC(=O)c1ccccc1. The Morgan fingerprint density at radius 3 is 2.06 bits per heavy atom. The molecule has 0 saturated heterocycles. The number of aromatic nitrogens is 1. The monoisotopic (exact) mass is 481 g/mol. The van der Waals surface area contributed by atoms with Crippen LogP contribution < -0.4 is 0 Å². The van der Waals surface area contributed by atoms with Crippen LogP contribution in [0.1, 0.15) is 51.9 Å². The standard InChI is InChI=1S/C30H27NO5/c1-35-28(33)30(29(34)36-2)18-22(19-11-5-3-6-12-19)26-21-15-9-10-16-24(21)31-27(26)23(30)17-25(32)20-13-7-4-8-14-20/h3-16,22-23,31H,17-18H2,1-2H3/t22-,23+/m1/s1. The summed E-state index contributed by atoms with van der Waals surface area (Å²) >= 11 is 0. The second-order valence-corrected chi connectivity index (χ2v) is 9.17. The number of carbonyl (C=O) groups excluding carboxylic acids is 3. The van der Waals surface area contributed by atoms with Crippen LogP contribution in [0.15, 0.2) is 84.9 Å². The summed E-state index contributed by atoms with van der Waals surface area (Å²) in [6.45, 7) is 0. The molecule has 2 atom stereocenters. The molecule has 0 radical (unpaired) electrons. The van der Waals surface area contributed by atoms with Crippen LogP contribution in [0.3, 0.4) is 0 Å². The van der Waals surface area contributed by atoms with Gasteiger partial charge in [0.2, 0.25) is 0 Å². The van der Waals surface area contributed by atoms with Crippen LogP contribution in [-0.4, -0.2) is 36.9 Å². The number of ether oxygens (including phenoxy) is 2. The molecular formula is C30H27NO5. The summed E-state index contributed by atoms with van der Waals surface area (Å²) in [4.78, 5) is 44.1. The van der Waals surface area contributed by atoms with Crippen molar-refractivity contribution in [1.29, 1.82) is 0 Å². The average Bonchev–Trinajstić information content (AvgIpc) is 3.33. The van der Waals surface area contributed by atoms with Crippen molar-refractivity contribution < 1.29 is 23.9 Å². The highest BCUT2D eigenvalue weighted by Crippen LogP contribution is 2.56. The normalized spacial score (nSPS) is 18.3. The summed E-state index contributed by atoms with van der Waals surface area (Å²) in [6, 6.07) is 26.6. The van der Waals surface area contributed by atoms with Crippen LogP contribution in [0.2, 0.25) is 0 Å². The van der Waals surface area contributed by atoms with Crippen LogP contribution in [0, 0.1) is 5.41 Å². The maximum Gasteiger partial charge on any atom is 0.323 e. The number of esters is 2. The van der Waals surface area contributed by atoms with Crippen LogP contribution in [0.5, 0.6) is 0 Å². The Hall–Kier alpha value is -4.19. The van der Waals surface area contributed by atoms with E-state index in [1.54, 1.807) is 24.3 Å². The Bertz CT molecular complexity index is 1410. The van der Waals surface area contributed by atoms with Gasteiger partial charge in [-0.2, -0.15) is 0 Å². The van der Waals surface area contributed by atoms with Gasteiger partial charge in [-0.15, -0.1) is 0 Å². The van der Waals surface area contributed by atoms with Crippen molar-refractivity contribution in [2.45, 2.75) is 24.7 Å². The second kappa shape index (κ2) is 9.46. The van der Waals surface area contributed by atoms with E-state index in [4.69, 9.17) is 9.47 Å². The first-order chi connectivity index (χ1) is 17.5. The van der Waals surface area contributed by atoms with Crippen LogP contribution >= 0.6 is 0 Å². The van der Waals surface area contributed by atoms with Crippen molar-refractivity contribution in [3.63, 3.8) is 0 Å². The lowest BCUT2D eigenvalue weighted by Crippen LogP contribution is -2.50. The molecule has 6 nitrogen and oxygen atoms in total. The molecule has 1 heterocycles. The maximum atomic E-state index is 13.6. The molecule has 1 aromatic heterocycles. The maximum absolute atomic E-state index is 13.6. The number of ketones is 1. The molecule has 0 unspecified atom stereocenters. The lowest BCUT2D eigenvalue weighted by atomic mass is 9.59. The molecule has 0 spiro atoms. The van der Waals surface area contributed by atoms with Gasteiger partial charge in [-0.05, 0) is 23.6 Å². The minimum absolute atomic E-state index is 0.0600. The van der Waals surface area contributed by atoms with E-state index in [-0.39, 0.29) is 24.5 Å².